The molecule has 18 heavy (non-hydrogen) atoms. The molecule has 1 aliphatic rings. The van der Waals surface area contributed by atoms with Gasteiger partial charge in [-0.15, -0.1) is 0 Å². The summed E-state index contributed by atoms with van der Waals surface area (Å²) in [6, 6.07) is 2.78. The molecule has 1 aliphatic carbocycles. The number of hydrogen-bond acceptors (Lipinski definition) is 3. The molecule has 1 aromatic heterocycles. The number of nitrogens with zero attached hydrogens (tertiary/aromatic N) is 2. The maximum atomic E-state index is 5.30. The minimum absolute atomic E-state index is 0.650. The lowest BCUT2D eigenvalue weighted by Crippen LogP contribution is -2.17. The SMILES string of the molecule is CCOCCCNCc1ccn(C2CCCC2)n1. The zero-order chi connectivity index (χ0) is 12.6. The van der Waals surface area contributed by atoms with E-state index in [0.717, 1.165) is 38.4 Å². The van der Waals surface area contributed by atoms with Crippen molar-refractivity contribution >= 4 is 0 Å². The lowest BCUT2D eigenvalue weighted by atomic mass is 10.3. The van der Waals surface area contributed by atoms with Crippen LogP contribution in [0.3, 0.4) is 0 Å². The van der Waals surface area contributed by atoms with Gasteiger partial charge < -0.3 is 10.1 Å². The third kappa shape index (κ3) is 4.10. The van der Waals surface area contributed by atoms with E-state index in [9.17, 15) is 0 Å². The van der Waals surface area contributed by atoms with Crippen LogP contribution in [0.5, 0.6) is 0 Å². The van der Waals surface area contributed by atoms with Gasteiger partial charge in [0.25, 0.3) is 0 Å². The summed E-state index contributed by atoms with van der Waals surface area (Å²) in [5.41, 5.74) is 1.15. The van der Waals surface area contributed by atoms with Gasteiger partial charge in [-0.2, -0.15) is 5.10 Å². The largest absolute Gasteiger partial charge is 0.382 e. The maximum Gasteiger partial charge on any atom is 0.0762 e. The minimum Gasteiger partial charge on any atom is -0.382 e. The van der Waals surface area contributed by atoms with E-state index in [-0.39, 0.29) is 0 Å². The molecule has 1 aromatic rings. The summed E-state index contributed by atoms with van der Waals surface area (Å²) in [6.07, 6.45) is 8.50. The highest BCUT2D eigenvalue weighted by molar-refractivity contribution is 4.99. The Balaban J connectivity index is 1.64. The number of ether oxygens (including phenoxy) is 1. The second kappa shape index (κ2) is 7.54. The van der Waals surface area contributed by atoms with Crippen LogP contribution < -0.4 is 5.32 Å². The number of aromatic nitrogens is 2. The first-order valence-electron chi connectivity index (χ1n) is 7.22. The molecule has 0 bridgehead atoms. The van der Waals surface area contributed by atoms with E-state index in [1.807, 2.05) is 6.92 Å². The van der Waals surface area contributed by atoms with Gasteiger partial charge in [0.15, 0.2) is 0 Å². The predicted molar refractivity (Wildman–Crippen MR) is 72.5 cm³/mol. The molecule has 0 aliphatic heterocycles. The quantitative estimate of drug-likeness (QED) is 0.722. The first-order valence-corrected chi connectivity index (χ1v) is 7.22. The van der Waals surface area contributed by atoms with Gasteiger partial charge in [-0.05, 0) is 38.8 Å². The Bertz CT molecular complexity index is 332. The molecule has 102 valence electrons. The summed E-state index contributed by atoms with van der Waals surface area (Å²) in [7, 11) is 0. The van der Waals surface area contributed by atoms with Gasteiger partial charge in [0.1, 0.15) is 0 Å². The summed E-state index contributed by atoms with van der Waals surface area (Å²) in [5, 5.41) is 8.06. The van der Waals surface area contributed by atoms with Crippen LogP contribution in [0.2, 0.25) is 0 Å². The van der Waals surface area contributed by atoms with Crippen LogP contribution in [0.1, 0.15) is 50.8 Å². The van der Waals surface area contributed by atoms with E-state index in [1.165, 1.54) is 25.7 Å². The molecule has 0 saturated heterocycles. The molecular weight excluding hydrogens is 226 g/mol. The maximum absolute atomic E-state index is 5.30. The highest BCUT2D eigenvalue weighted by atomic mass is 16.5. The van der Waals surface area contributed by atoms with Crippen LogP contribution in [0.25, 0.3) is 0 Å². The van der Waals surface area contributed by atoms with Gasteiger partial charge in [-0.3, -0.25) is 4.68 Å². The Morgan fingerprint density at radius 2 is 2.28 bits per heavy atom. The molecule has 4 nitrogen and oxygen atoms in total. The van der Waals surface area contributed by atoms with Crippen LogP contribution in [0.4, 0.5) is 0 Å². The van der Waals surface area contributed by atoms with Gasteiger partial charge in [-0.25, -0.2) is 0 Å². The third-order valence-electron chi connectivity index (χ3n) is 3.51. The van der Waals surface area contributed by atoms with E-state index < -0.39 is 0 Å². The number of nitrogens with one attached hydrogen (secondary N) is 1. The molecular formula is C14H25N3O. The van der Waals surface area contributed by atoms with Gasteiger partial charge in [0.2, 0.25) is 0 Å². The number of hydrogen-bond donors (Lipinski definition) is 1. The predicted octanol–water partition coefficient (Wildman–Crippen LogP) is 2.51. The summed E-state index contributed by atoms with van der Waals surface area (Å²) in [6.45, 7) is 5.55. The average molecular weight is 251 g/mol. The van der Waals surface area contributed by atoms with Crippen LogP contribution in [0.15, 0.2) is 12.3 Å². The Morgan fingerprint density at radius 1 is 1.44 bits per heavy atom. The summed E-state index contributed by atoms with van der Waals surface area (Å²) in [5.74, 6) is 0. The Hall–Kier alpha value is -0.870. The Labute approximate surface area is 110 Å². The molecule has 0 amide bonds. The van der Waals surface area contributed by atoms with Gasteiger partial charge >= 0.3 is 0 Å². The van der Waals surface area contributed by atoms with Crippen molar-refractivity contribution in [3.05, 3.63) is 18.0 Å². The van der Waals surface area contributed by atoms with E-state index in [1.54, 1.807) is 0 Å². The average Bonchev–Trinajstić information content (AvgIpc) is 3.03. The molecule has 2 rings (SSSR count). The summed E-state index contributed by atoms with van der Waals surface area (Å²) in [4.78, 5) is 0. The van der Waals surface area contributed by atoms with E-state index >= 15 is 0 Å². The van der Waals surface area contributed by atoms with Crippen molar-refractivity contribution in [3.8, 4) is 0 Å². The highest BCUT2D eigenvalue weighted by Gasteiger charge is 2.17. The first kappa shape index (κ1) is 13.6. The van der Waals surface area contributed by atoms with E-state index in [0.29, 0.717) is 6.04 Å². The fourth-order valence-corrected chi connectivity index (χ4v) is 2.50. The Kier molecular flexibility index (Phi) is 5.68. The second-order valence-corrected chi connectivity index (χ2v) is 4.95. The van der Waals surface area contributed by atoms with Crippen molar-refractivity contribution in [3.63, 3.8) is 0 Å². The van der Waals surface area contributed by atoms with Crippen LogP contribution >= 0.6 is 0 Å². The fraction of sp³-hybridized carbons (Fsp3) is 0.786. The van der Waals surface area contributed by atoms with Gasteiger partial charge in [0, 0.05) is 26.0 Å². The summed E-state index contributed by atoms with van der Waals surface area (Å²) >= 11 is 0. The highest BCUT2D eigenvalue weighted by Crippen LogP contribution is 2.28. The third-order valence-corrected chi connectivity index (χ3v) is 3.51. The lowest BCUT2D eigenvalue weighted by molar-refractivity contribution is 0.144. The van der Waals surface area contributed by atoms with Gasteiger partial charge in [0.05, 0.1) is 11.7 Å². The van der Waals surface area contributed by atoms with E-state index in [2.05, 4.69) is 27.4 Å². The van der Waals surface area contributed by atoms with Crippen molar-refractivity contribution in [2.45, 2.75) is 51.6 Å². The standard InChI is InChI=1S/C14H25N3O/c1-2-18-11-5-9-15-12-13-8-10-17(16-13)14-6-3-4-7-14/h8,10,14-15H,2-7,9,11-12H2,1H3. The first-order chi connectivity index (χ1) is 8.90. The normalized spacial score (nSPS) is 16.5. The molecule has 4 heteroatoms. The van der Waals surface area contributed by atoms with Crippen LogP contribution in [-0.4, -0.2) is 29.5 Å². The number of rotatable bonds is 8. The van der Waals surface area contributed by atoms with Gasteiger partial charge in [-0.1, -0.05) is 12.8 Å². The van der Waals surface area contributed by atoms with Crippen LogP contribution in [0, 0.1) is 0 Å². The monoisotopic (exact) mass is 251 g/mol. The summed E-state index contributed by atoms with van der Waals surface area (Å²) < 4.78 is 7.45. The lowest BCUT2D eigenvalue weighted by Gasteiger charge is -2.09. The molecule has 1 heterocycles. The molecule has 0 spiro atoms. The van der Waals surface area contributed by atoms with Crippen molar-refractivity contribution in [1.82, 2.24) is 15.1 Å². The van der Waals surface area contributed by atoms with Crippen molar-refractivity contribution < 1.29 is 4.74 Å². The van der Waals surface area contributed by atoms with Crippen molar-refractivity contribution in [2.75, 3.05) is 19.8 Å². The molecule has 0 unspecified atom stereocenters. The van der Waals surface area contributed by atoms with E-state index in [4.69, 9.17) is 4.74 Å². The topological polar surface area (TPSA) is 39.1 Å². The van der Waals surface area contributed by atoms with Crippen molar-refractivity contribution in [1.29, 1.82) is 0 Å². The fourth-order valence-electron chi connectivity index (χ4n) is 2.50. The zero-order valence-corrected chi connectivity index (χ0v) is 11.4. The Morgan fingerprint density at radius 3 is 3.06 bits per heavy atom. The molecule has 0 atom stereocenters. The minimum atomic E-state index is 0.650. The molecule has 1 saturated carbocycles. The second-order valence-electron chi connectivity index (χ2n) is 4.95. The van der Waals surface area contributed by atoms with Crippen LogP contribution in [-0.2, 0) is 11.3 Å². The molecule has 1 N–H and O–H groups in total. The molecule has 0 radical (unpaired) electrons. The molecule has 0 aromatic carbocycles. The van der Waals surface area contributed by atoms with Crippen molar-refractivity contribution in [2.24, 2.45) is 0 Å². The smallest absolute Gasteiger partial charge is 0.0762 e. The molecule has 1 fully saturated rings. The zero-order valence-electron chi connectivity index (χ0n) is 11.4.